The zero-order chi connectivity index (χ0) is 22.5. The van der Waals surface area contributed by atoms with Crippen LogP contribution in [0.1, 0.15) is 0 Å². The van der Waals surface area contributed by atoms with E-state index < -0.39 is 16.5 Å². The molecular weight excluding hydrogens is 410 g/mol. The van der Waals surface area contributed by atoms with E-state index in [1.807, 2.05) is 60.7 Å². The summed E-state index contributed by atoms with van der Waals surface area (Å²) in [4.78, 5) is 39.6. The van der Waals surface area contributed by atoms with Crippen LogP contribution in [0.2, 0.25) is 0 Å². The normalized spacial score (nSPS) is 10.5. The Kier molecular flexibility index (Phi) is 5.80. The van der Waals surface area contributed by atoms with E-state index in [2.05, 4.69) is 15.4 Å². The van der Waals surface area contributed by atoms with Gasteiger partial charge in [0.15, 0.2) is 0 Å². The second kappa shape index (κ2) is 9.00. The third kappa shape index (κ3) is 4.57. The highest BCUT2D eigenvalue weighted by atomic mass is 16.6. The van der Waals surface area contributed by atoms with Crippen molar-refractivity contribution in [1.82, 2.24) is 14.8 Å². The molecule has 0 aliphatic rings. The molecule has 0 unspecified atom stereocenters. The number of nitro benzene ring substituents is 1. The molecular formula is C23H17N5O4. The topological polar surface area (TPSA) is 120 Å². The number of rotatable bonds is 6. The van der Waals surface area contributed by atoms with Crippen molar-refractivity contribution in [3.05, 3.63) is 106 Å². The summed E-state index contributed by atoms with van der Waals surface area (Å²) >= 11 is 0. The molecule has 4 aromatic rings. The third-order valence-electron chi connectivity index (χ3n) is 4.62. The number of aromatic nitrogens is 3. The minimum Gasteiger partial charge on any atom is -0.324 e. The molecule has 0 saturated heterocycles. The predicted molar refractivity (Wildman–Crippen MR) is 119 cm³/mol. The highest BCUT2D eigenvalue weighted by Gasteiger charge is 2.16. The maximum atomic E-state index is 12.6. The standard InChI is InChI=1S/C23H17N5O4/c29-20(24-18-11-13-19(14-12-18)28(31)32)15-27-23(30)25-21(16-7-3-1-4-8-16)22(26-27)17-9-5-2-6-10-17/h1-14H,15H2,(H,24,29). The molecule has 0 fully saturated rings. The van der Waals surface area contributed by atoms with Crippen LogP contribution < -0.4 is 11.0 Å². The number of carbonyl (C=O) groups excluding carboxylic acids is 1. The molecule has 1 N–H and O–H groups in total. The zero-order valence-corrected chi connectivity index (χ0v) is 16.7. The Hall–Kier alpha value is -4.66. The van der Waals surface area contributed by atoms with Crippen LogP contribution in [0.15, 0.2) is 89.7 Å². The van der Waals surface area contributed by atoms with Gasteiger partial charge in [0.25, 0.3) is 5.69 Å². The summed E-state index contributed by atoms with van der Waals surface area (Å²) in [6.45, 7) is -0.363. The number of nitrogens with one attached hydrogen (secondary N) is 1. The van der Waals surface area contributed by atoms with Crippen molar-refractivity contribution in [1.29, 1.82) is 0 Å². The van der Waals surface area contributed by atoms with Crippen LogP contribution in [0.4, 0.5) is 11.4 Å². The maximum absolute atomic E-state index is 12.6. The molecule has 0 aliphatic heterocycles. The quantitative estimate of drug-likeness (QED) is 0.371. The lowest BCUT2D eigenvalue weighted by Gasteiger charge is -2.12. The van der Waals surface area contributed by atoms with E-state index in [1.165, 1.54) is 24.3 Å². The van der Waals surface area contributed by atoms with Gasteiger partial charge in [0.2, 0.25) is 5.91 Å². The fourth-order valence-corrected chi connectivity index (χ4v) is 3.11. The van der Waals surface area contributed by atoms with Gasteiger partial charge in [0.1, 0.15) is 17.9 Å². The first-order chi connectivity index (χ1) is 15.5. The highest BCUT2D eigenvalue weighted by Crippen LogP contribution is 2.27. The fraction of sp³-hybridized carbons (Fsp3) is 0.0435. The Morgan fingerprint density at radius 2 is 1.44 bits per heavy atom. The van der Waals surface area contributed by atoms with Gasteiger partial charge in [0, 0.05) is 28.9 Å². The molecule has 4 rings (SSSR count). The van der Waals surface area contributed by atoms with Gasteiger partial charge in [-0.2, -0.15) is 10.1 Å². The van der Waals surface area contributed by atoms with Crippen molar-refractivity contribution in [3.8, 4) is 22.5 Å². The Morgan fingerprint density at radius 1 is 0.875 bits per heavy atom. The largest absolute Gasteiger partial charge is 0.365 e. The minimum absolute atomic E-state index is 0.0888. The molecule has 9 heteroatoms. The van der Waals surface area contributed by atoms with Crippen molar-refractivity contribution < 1.29 is 9.72 Å². The molecule has 0 aliphatic carbocycles. The Balaban J connectivity index is 1.65. The number of non-ortho nitro benzene ring substituents is 1. The van der Waals surface area contributed by atoms with E-state index in [1.54, 1.807) is 0 Å². The zero-order valence-electron chi connectivity index (χ0n) is 16.7. The lowest BCUT2D eigenvalue weighted by atomic mass is 10.0. The summed E-state index contributed by atoms with van der Waals surface area (Å²) < 4.78 is 0.996. The summed E-state index contributed by atoms with van der Waals surface area (Å²) in [5.74, 6) is -0.512. The van der Waals surface area contributed by atoms with Crippen LogP contribution in [-0.2, 0) is 11.3 Å². The lowest BCUT2D eigenvalue weighted by Crippen LogP contribution is -2.32. The van der Waals surface area contributed by atoms with Crippen LogP contribution in [0.5, 0.6) is 0 Å². The number of hydrogen-bond donors (Lipinski definition) is 1. The van der Waals surface area contributed by atoms with Crippen molar-refractivity contribution in [3.63, 3.8) is 0 Å². The fourth-order valence-electron chi connectivity index (χ4n) is 3.11. The number of amides is 1. The number of carbonyl (C=O) groups is 1. The molecule has 0 atom stereocenters. The number of benzene rings is 3. The molecule has 0 bridgehead atoms. The lowest BCUT2D eigenvalue weighted by molar-refractivity contribution is -0.384. The molecule has 0 radical (unpaired) electrons. The van der Waals surface area contributed by atoms with E-state index in [-0.39, 0.29) is 12.2 Å². The van der Waals surface area contributed by atoms with E-state index in [4.69, 9.17) is 0 Å². The predicted octanol–water partition coefficient (Wildman–Crippen LogP) is 3.52. The maximum Gasteiger partial charge on any atom is 0.365 e. The van der Waals surface area contributed by atoms with Gasteiger partial charge in [0.05, 0.1) is 4.92 Å². The number of hydrogen-bond acceptors (Lipinski definition) is 6. The molecule has 0 spiro atoms. The number of nitrogens with zero attached hydrogens (tertiary/aromatic N) is 4. The van der Waals surface area contributed by atoms with Gasteiger partial charge in [-0.3, -0.25) is 14.9 Å². The summed E-state index contributed by atoms with van der Waals surface area (Å²) in [5.41, 5.74) is 2.00. The van der Waals surface area contributed by atoms with Crippen LogP contribution in [0.3, 0.4) is 0 Å². The van der Waals surface area contributed by atoms with Crippen molar-refractivity contribution in [2.45, 2.75) is 6.54 Å². The molecule has 9 nitrogen and oxygen atoms in total. The Bertz CT molecular complexity index is 1320. The molecule has 0 saturated carbocycles. The molecule has 32 heavy (non-hydrogen) atoms. The SMILES string of the molecule is O=C(Cn1nc(-c2ccccc2)c(-c2ccccc2)nc1=O)Nc1ccc([N+](=O)[O-])cc1. The van der Waals surface area contributed by atoms with Crippen LogP contribution in [-0.4, -0.2) is 25.6 Å². The monoisotopic (exact) mass is 427 g/mol. The van der Waals surface area contributed by atoms with Gasteiger partial charge in [-0.1, -0.05) is 60.7 Å². The van der Waals surface area contributed by atoms with Crippen molar-refractivity contribution in [2.24, 2.45) is 0 Å². The van der Waals surface area contributed by atoms with Crippen molar-refractivity contribution in [2.75, 3.05) is 5.32 Å². The first kappa shape index (κ1) is 20.6. The smallest absolute Gasteiger partial charge is 0.324 e. The molecule has 3 aromatic carbocycles. The van der Waals surface area contributed by atoms with Crippen LogP contribution in [0.25, 0.3) is 22.5 Å². The average molecular weight is 427 g/mol. The van der Waals surface area contributed by atoms with Crippen LogP contribution in [0, 0.1) is 10.1 Å². The summed E-state index contributed by atoms with van der Waals surface area (Å²) in [5, 5.41) is 17.8. The molecule has 1 aromatic heterocycles. The minimum atomic E-state index is -0.664. The first-order valence-corrected chi connectivity index (χ1v) is 9.65. The summed E-state index contributed by atoms with van der Waals surface area (Å²) in [6, 6.07) is 23.9. The average Bonchev–Trinajstić information content (AvgIpc) is 2.81. The van der Waals surface area contributed by atoms with E-state index >= 15 is 0 Å². The Morgan fingerprint density at radius 3 is 2.00 bits per heavy atom. The van der Waals surface area contributed by atoms with Gasteiger partial charge < -0.3 is 5.32 Å². The van der Waals surface area contributed by atoms with Gasteiger partial charge in [-0.25, -0.2) is 9.48 Å². The second-order valence-electron chi connectivity index (χ2n) is 6.83. The van der Waals surface area contributed by atoms with E-state index in [0.29, 0.717) is 17.1 Å². The summed E-state index contributed by atoms with van der Waals surface area (Å²) in [7, 11) is 0. The van der Waals surface area contributed by atoms with Gasteiger partial charge >= 0.3 is 5.69 Å². The highest BCUT2D eigenvalue weighted by molar-refractivity contribution is 5.90. The Labute approximate surface area is 182 Å². The first-order valence-electron chi connectivity index (χ1n) is 9.65. The van der Waals surface area contributed by atoms with E-state index in [9.17, 15) is 19.7 Å². The molecule has 158 valence electrons. The van der Waals surface area contributed by atoms with Gasteiger partial charge in [-0.05, 0) is 12.1 Å². The van der Waals surface area contributed by atoms with Crippen molar-refractivity contribution >= 4 is 17.3 Å². The van der Waals surface area contributed by atoms with Gasteiger partial charge in [-0.15, -0.1) is 0 Å². The molecule has 1 heterocycles. The van der Waals surface area contributed by atoms with E-state index in [0.717, 1.165) is 15.8 Å². The number of nitro groups is 1. The summed E-state index contributed by atoms with van der Waals surface area (Å²) in [6.07, 6.45) is 0. The number of anilines is 1. The molecule has 1 amide bonds. The third-order valence-corrected chi connectivity index (χ3v) is 4.62. The second-order valence-corrected chi connectivity index (χ2v) is 6.83. The van der Waals surface area contributed by atoms with Crippen LogP contribution >= 0.6 is 0 Å².